The van der Waals surface area contributed by atoms with Gasteiger partial charge in [-0.25, -0.2) is 0 Å². The lowest BCUT2D eigenvalue weighted by molar-refractivity contribution is -0.157. The molecular formula is C31H50O. The maximum absolute atomic E-state index is 12.8. The monoisotopic (exact) mass is 438 g/mol. The minimum atomic E-state index is -0.0823. The number of carbonyl (C=O) groups is 1. The summed E-state index contributed by atoms with van der Waals surface area (Å²) in [4.78, 5) is 12.8. The highest BCUT2D eigenvalue weighted by molar-refractivity contribution is 5.86. The summed E-state index contributed by atoms with van der Waals surface area (Å²) in [6, 6.07) is 0. The number of hydrogen-bond acceptors (Lipinski definition) is 1. The Morgan fingerprint density at radius 2 is 1.56 bits per heavy atom. The SMILES string of the molecule is C=C(C)[C@H](C)CC[C@@H](C)[C@H]1CC[C@@]2(C)[C@@H]3CC[C@H]4C(C)(C)C(=O)CC[C@]45C[C@]35CC[C@]12C. The lowest BCUT2D eigenvalue weighted by Crippen LogP contribution is -2.57. The third kappa shape index (κ3) is 2.66. The summed E-state index contributed by atoms with van der Waals surface area (Å²) in [6.45, 7) is 21.4. The van der Waals surface area contributed by atoms with E-state index < -0.39 is 0 Å². The highest BCUT2D eigenvalue weighted by atomic mass is 16.1. The molecule has 5 rings (SSSR count). The van der Waals surface area contributed by atoms with Crippen molar-refractivity contribution in [1.29, 1.82) is 0 Å². The molecule has 1 nitrogen and oxygen atoms in total. The van der Waals surface area contributed by atoms with Crippen LogP contribution >= 0.6 is 0 Å². The molecule has 180 valence electrons. The first-order valence-corrected chi connectivity index (χ1v) is 14.0. The van der Waals surface area contributed by atoms with E-state index in [-0.39, 0.29) is 5.41 Å². The molecule has 0 radical (unpaired) electrons. The van der Waals surface area contributed by atoms with Crippen LogP contribution in [-0.2, 0) is 4.79 Å². The van der Waals surface area contributed by atoms with Crippen LogP contribution in [0.15, 0.2) is 12.2 Å². The normalized spacial score (nSPS) is 50.5. The third-order valence-electron chi connectivity index (χ3n) is 13.5. The second kappa shape index (κ2) is 6.97. The number of hydrogen-bond donors (Lipinski definition) is 0. The minimum Gasteiger partial charge on any atom is -0.299 e. The van der Waals surface area contributed by atoms with Gasteiger partial charge in [-0.15, -0.1) is 0 Å². The molecule has 0 saturated heterocycles. The average Bonchev–Trinajstić information content (AvgIpc) is 3.31. The molecule has 0 aromatic rings. The summed E-state index contributed by atoms with van der Waals surface area (Å²) in [6.07, 6.45) is 14.7. The first-order valence-electron chi connectivity index (χ1n) is 14.0. The van der Waals surface area contributed by atoms with Crippen LogP contribution in [-0.4, -0.2) is 5.78 Å². The number of rotatable bonds is 5. The second-order valence-electron chi connectivity index (χ2n) is 14.6. The van der Waals surface area contributed by atoms with Crippen molar-refractivity contribution in [1.82, 2.24) is 0 Å². The van der Waals surface area contributed by atoms with E-state index in [0.717, 1.165) is 24.2 Å². The molecule has 5 aliphatic rings. The Labute approximate surface area is 198 Å². The zero-order valence-corrected chi connectivity index (χ0v) is 22.3. The number of fused-ring (bicyclic) bond motifs is 2. The van der Waals surface area contributed by atoms with Gasteiger partial charge in [-0.1, -0.05) is 53.7 Å². The first kappa shape index (κ1) is 23.2. The number of allylic oxidation sites excluding steroid dienone is 1. The zero-order valence-electron chi connectivity index (χ0n) is 22.3. The zero-order chi connectivity index (χ0) is 23.3. The Morgan fingerprint density at radius 3 is 2.25 bits per heavy atom. The van der Waals surface area contributed by atoms with Crippen molar-refractivity contribution in [2.45, 2.75) is 119 Å². The first-order chi connectivity index (χ1) is 14.9. The van der Waals surface area contributed by atoms with Crippen molar-refractivity contribution < 1.29 is 4.79 Å². The molecule has 9 atom stereocenters. The van der Waals surface area contributed by atoms with Gasteiger partial charge >= 0.3 is 0 Å². The van der Waals surface area contributed by atoms with Crippen LogP contribution in [0.5, 0.6) is 0 Å². The van der Waals surface area contributed by atoms with Crippen LogP contribution in [0.3, 0.4) is 0 Å². The largest absolute Gasteiger partial charge is 0.299 e. The van der Waals surface area contributed by atoms with Gasteiger partial charge in [0, 0.05) is 11.8 Å². The second-order valence-corrected chi connectivity index (χ2v) is 14.6. The van der Waals surface area contributed by atoms with Crippen molar-refractivity contribution in [2.24, 2.45) is 56.7 Å². The molecule has 0 N–H and O–H groups in total. The molecule has 2 spiro atoms. The standard InChI is InChI=1S/C31H50O/c1-20(2)21(3)9-10-22(4)23-13-15-29(8)25-12-11-24-27(5,6)26(32)14-16-30(24)19-31(25,30)18-17-28(23,29)7/h21-25H,1,9-19H2,2-8H3/t21-,22-,23-,24+,25+,28-,29+,30+,31-/m1/s1. The van der Waals surface area contributed by atoms with E-state index in [1.165, 1.54) is 69.8 Å². The Hall–Kier alpha value is -0.590. The van der Waals surface area contributed by atoms with Gasteiger partial charge in [0.25, 0.3) is 0 Å². The van der Waals surface area contributed by atoms with Crippen LogP contribution in [0.1, 0.15) is 119 Å². The fourth-order valence-electron chi connectivity index (χ4n) is 11.1. The molecule has 5 aliphatic carbocycles. The summed E-state index contributed by atoms with van der Waals surface area (Å²) in [7, 11) is 0. The van der Waals surface area contributed by atoms with E-state index in [0.29, 0.717) is 39.3 Å². The molecule has 1 heteroatoms. The summed E-state index contributed by atoms with van der Waals surface area (Å²) < 4.78 is 0. The highest BCUT2D eigenvalue weighted by Crippen LogP contribution is 2.88. The fourth-order valence-corrected chi connectivity index (χ4v) is 11.1. The molecule has 0 aliphatic heterocycles. The Kier molecular flexibility index (Phi) is 5.05. The van der Waals surface area contributed by atoms with Crippen molar-refractivity contribution in [2.75, 3.05) is 0 Å². The summed E-state index contributed by atoms with van der Waals surface area (Å²) in [5, 5.41) is 0. The van der Waals surface area contributed by atoms with Crippen LogP contribution in [0.2, 0.25) is 0 Å². The van der Waals surface area contributed by atoms with E-state index >= 15 is 0 Å². The fraction of sp³-hybridized carbons (Fsp3) is 0.903. The molecule has 5 saturated carbocycles. The van der Waals surface area contributed by atoms with Crippen molar-refractivity contribution in [3.63, 3.8) is 0 Å². The summed E-state index contributed by atoms with van der Waals surface area (Å²) in [5.74, 6) is 4.49. The predicted molar refractivity (Wildman–Crippen MR) is 134 cm³/mol. The van der Waals surface area contributed by atoms with Crippen LogP contribution in [0.4, 0.5) is 0 Å². The smallest absolute Gasteiger partial charge is 0.138 e. The van der Waals surface area contributed by atoms with Gasteiger partial charge in [-0.3, -0.25) is 4.79 Å². The molecule has 0 heterocycles. The van der Waals surface area contributed by atoms with Gasteiger partial charge in [-0.2, -0.15) is 0 Å². The van der Waals surface area contributed by atoms with E-state index in [9.17, 15) is 4.79 Å². The lowest BCUT2D eigenvalue weighted by Gasteiger charge is -2.62. The van der Waals surface area contributed by atoms with Gasteiger partial charge in [-0.05, 0) is 122 Å². The molecule has 0 amide bonds. The van der Waals surface area contributed by atoms with Crippen molar-refractivity contribution >= 4 is 5.78 Å². The lowest BCUT2D eigenvalue weighted by atomic mass is 9.42. The molecule has 0 aromatic carbocycles. The Bertz CT molecular complexity index is 822. The average molecular weight is 439 g/mol. The van der Waals surface area contributed by atoms with Crippen LogP contribution in [0.25, 0.3) is 0 Å². The van der Waals surface area contributed by atoms with Crippen LogP contribution < -0.4 is 0 Å². The van der Waals surface area contributed by atoms with Gasteiger partial charge < -0.3 is 0 Å². The van der Waals surface area contributed by atoms with Gasteiger partial charge in [0.1, 0.15) is 5.78 Å². The Morgan fingerprint density at radius 1 is 0.906 bits per heavy atom. The number of Topliss-reactive ketones (excluding diaryl/α,β-unsaturated/α-hetero) is 1. The van der Waals surface area contributed by atoms with Crippen LogP contribution in [0, 0.1) is 56.7 Å². The summed E-state index contributed by atoms with van der Waals surface area (Å²) in [5.41, 5.74) is 3.37. The van der Waals surface area contributed by atoms with E-state index in [4.69, 9.17) is 0 Å². The third-order valence-corrected chi connectivity index (χ3v) is 13.5. The highest BCUT2D eigenvalue weighted by Gasteiger charge is 2.82. The van der Waals surface area contributed by atoms with Crippen molar-refractivity contribution in [3.05, 3.63) is 12.2 Å². The molecule has 0 bridgehead atoms. The summed E-state index contributed by atoms with van der Waals surface area (Å²) >= 11 is 0. The topological polar surface area (TPSA) is 17.1 Å². The van der Waals surface area contributed by atoms with E-state index in [1.54, 1.807) is 0 Å². The van der Waals surface area contributed by atoms with Gasteiger partial charge in [0.05, 0.1) is 0 Å². The van der Waals surface area contributed by atoms with Crippen molar-refractivity contribution in [3.8, 4) is 0 Å². The Balaban J connectivity index is 1.39. The molecule has 0 unspecified atom stereocenters. The van der Waals surface area contributed by atoms with E-state index in [1.807, 2.05) is 0 Å². The molecule has 0 aromatic heterocycles. The van der Waals surface area contributed by atoms with Gasteiger partial charge in [0.15, 0.2) is 0 Å². The molecule has 32 heavy (non-hydrogen) atoms. The maximum atomic E-state index is 12.8. The number of ketones is 1. The molecule has 5 fully saturated rings. The van der Waals surface area contributed by atoms with E-state index in [2.05, 4.69) is 55.0 Å². The maximum Gasteiger partial charge on any atom is 0.138 e. The quantitative estimate of drug-likeness (QED) is 0.393. The van der Waals surface area contributed by atoms with Gasteiger partial charge in [0.2, 0.25) is 0 Å². The minimum absolute atomic E-state index is 0.0823. The number of carbonyl (C=O) groups excluding carboxylic acids is 1. The molecular weight excluding hydrogens is 388 g/mol. The predicted octanol–water partition coefficient (Wildman–Crippen LogP) is 8.62.